The van der Waals surface area contributed by atoms with Gasteiger partial charge < -0.3 is 0 Å². The first-order chi connectivity index (χ1) is 3.12. The van der Waals surface area contributed by atoms with Crippen molar-refractivity contribution in [2.75, 3.05) is 0 Å². The van der Waals surface area contributed by atoms with Gasteiger partial charge in [0, 0.05) is 0 Å². The molecule has 8 heteroatoms. The molecule has 0 spiro atoms. The first kappa shape index (κ1) is 12.7. The molecule has 0 saturated heterocycles. The van der Waals surface area contributed by atoms with Gasteiger partial charge in [-0.1, -0.05) is 0 Å². The fourth-order valence-electron chi connectivity index (χ4n) is 0.0124. The minimum Gasteiger partial charge on any atom is 0.187 e. The minimum atomic E-state index is -3.65. The van der Waals surface area contributed by atoms with Crippen molar-refractivity contribution in [1.29, 1.82) is 0 Å². The predicted molar refractivity (Wildman–Crippen MR) is 21.9 cm³/mol. The summed E-state index contributed by atoms with van der Waals surface area (Å²) in [4.78, 5) is 8.25. The molecule has 0 heterocycles. The second kappa shape index (κ2) is 5.78. The summed E-state index contributed by atoms with van der Waals surface area (Å²) in [6.07, 6.45) is 0. The number of rotatable bonds is 2. The van der Waals surface area contributed by atoms with Crippen LogP contribution >= 0.6 is 7.82 Å². The third-order valence-corrected chi connectivity index (χ3v) is 3.34. The molecule has 0 atom stereocenters. The van der Waals surface area contributed by atoms with Crippen molar-refractivity contribution in [3.63, 3.8) is 0 Å². The van der Waals surface area contributed by atoms with Crippen LogP contribution in [0, 0.1) is 0 Å². The number of phosphoric acid groups is 1. The second-order valence-corrected chi connectivity index (χ2v) is 4.05. The fourth-order valence-corrected chi connectivity index (χ4v) is 1.30. The molecule has 0 rings (SSSR count). The Balaban J connectivity index is 0. The minimum absolute atomic E-state index is 0. The predicted octanol–water partition coefficient (Wildman–Crippen LogP) is -1.14. The van der Waals surface area contributed by atoms with Gasteiger partial charge in [-0.3, -0.25) is 0 Å². The molecule has 0 aromatic carbocycles. The third kappa shape index (κ3) is 6.14. The van der Waals surface area contributed by atoms with Gasteiger partial charge in [-0.2, -0.15) is 0 Å². The Bertz CT molecular complexity index is 86.0. The SMILES string of the molecule is O=P(O)([O][Mo])[O][Mo].[AlH3]. The van der Waals surface area contributed by atoms with Crippen molar-refractivity contribution in [3.8, 4) is 0 Å². The van der Waals surface area contributed by atoms with Gasteiger partial charge in [0.15, 0.2) is 17.4 Å². The zero-order chi connectivity index (χ0) is 5.91. The molecule has 0 aromatic rings. The maximum absolute atomic E-state index is 10.1. The molecular formula is H4AlMo2O4P. The molecule has 0 radical (unpaired) electrons. The summed E-state index contributed by atoms with van der Waals surface area (Å²) < 4.78 is 18.0. The summed E-state index contributed by atoms with van der Waals surface area (Å²) >= 11 is 2.08. The van der Waals surface area contributed by atoms with Gasteiger partial charge in [0.2, 0.25) is 0 Å². The molecule has 48 valence electrons. The van der Waals surface area contributed by atoms with Gasteiger partial charge in [0.1, 0.15) is 0 Å². The van der Waals surface area contributed by atoms with Crippen molar-refractivity contribution < 1.29 is 56.2 Å². The first-order valence-corrected chi connectivity index (χ1v) is 4.22. The standard InChI is InChI=1S/Al.2Mo.H3O4P.3H/c;;;1-5(2,3)4;;;/h;;;(H3,1,2,3,4);;;/q;2*+1;;;;/p-2. The molecule has 1 N–H and O–H groups in total. The van der Waals surface area contributed by atoms with Crippen LogP contribution < -0.4 is 0 Å². The van der Waals surface area contributed by atoms with Crippen LogP contribution in [-0.4, -0.2) is 22.3 Å². The smallest absolute Gasteiger partial charge is 0.187 e. The van der Waals surface area contributed by atoms with Crippen LogP contribution in [0.1, 0.15) is 0 Å². The van der Waals surface area contributed by atoms with E-state index in [-0.39, 0.29) is 17.4 Å². The average Bonchev–Trinajstić information content (AvgIpc) is 1.68. The zero-order valence-corrected chi connectivity index (χ0v) is 7.84. The van der Waals surface area contributed by atoms with Crippen LogP contribution in [0.25, 0.3) is 0 Å². The van der Waals surface area contributed by atoms with Crippen LogP contribution in [0.4, 0.5) is 0 Å². The molecule has 0 unspecified atom stereocenters. The van der Waals surface area contributed by atoms with Gasteiger partial charge in [-0.05, 0) is 0 Å². The Kier molecular flexibility index (Phi) is 9.15. The van der Waals surface area contributed by atoms with Crippen molar-refractivity contribution in [3.05, 3.63) is 0 Å². The van der Waals surface area contributed by atoms with Crippen molar-refractivity contribution in [2.45, 2.75) is 0 Å². The molecule has 0 fully saturated rings. The topological polar surface area (TPSA) is 55.8 Å². The largest absolute Gasteiger partial charge is 0.187 e. The quantitative estimate of drug-likeness (QED) is 0.517. The first-order valence-electron chi connectivity index (χ1n) is 1.08. The van der Waals surface area contributed by atoms with E-state index in [2.05, 4.69) is 6.35 Å². The van der Waals surface area contributed by atoms with Gasteiger partial charge in [0.25, 0.3) is 0 Å². The van der Waals surface area contributed by atoms with E-state index in [1.165, 1.54) is 0 Å². The Labute approximate surface area is 80.8 Å². The van der Waals surface area contributed by atoms with Crippen LogP contribution in [-0.2, 0) is 51.3 Å². The van der Waals surface area contributed by atoms with Crippen molar-refractivity contribution >= 4 is 25.2 Å². The third-order valence-electron chi connectivity index (χ3n) is 0.188. The van der Waals surface area contributed by atoms with Crippen molar-refractivity contribution in [2.24, 2.45) is 0 Å². The van der Waals surface area contributed by atoms with E-state index in [0.29, 0.717) is 0 Å². The molecule has 8 heavy (non-hydrogen) atoms. The molecule has 0 aliphatic heterocycles. The Morgan fingerprint density at radius 2 is 1.62 bits per heavy atom. The summed E-state index contributed by atoms with van der Waals surface area (Å²) in [6.45, 7) is 0. The van der Waals surface area contributed by atoms with Gasteiger partial charge >= 0.3 is 64.0 Å². The second-order valence-electron chi connectivity index (χ2n) is 0.618. The molecular weight excluding hydrogens is 314 g/mol. The Morgan fingerprint density at radius 1 is 1.38 bits per heavy atom. The van der Waals surface area contributed by atoms with Gasteiger partial charge in [-0.15, -0.1) is 0 Å². The van der Waals surface area contributed by atoms with Crippen LogP contribution in [0.5, 0.6) is 0 Å². The molecule has 0 aliphatic rings. The van der Waals surface area contributed by atoms with E-state index < -0.39 is 7.82 Å². The Morgan fingerprint density at radius 3 is 1.62 bits per heavy atom. The van der Waals surface area contributed by atoms with Crippen LogP contribution in [0.3, 0.4) is 0 Å². The maximum atomic E-state index is 10.1. The fraction of sp³-hybridized carbons (Fsp3) is 0. The van der Waals surface area contributed by atoms with E-state index in [4.69, 9.17) is 4.89 Å². The summed E-state index contributed by atoms with van der Waals surface area (Å²) in [5, 5.41) is 0. The summed E-state index contributed by atoms with van der Waals surface area (Å²) in [5.74, 6) is 0. The van der Waals surface area contributed by atoms with E-state index >= 15 is 0 Å². The summed E-state index contributed by atoms with van der Waals surface area (Å²) in [5.41, 5.74) is 0. The molecule has 0 aromatic heterocycles. The van der Waals surface area contributed by atoms with Gasteiger partial charge in [0.05, 0.1) is 0 Å². The van der Waals surface area contributed by atoms with E-state index in [1.54, 1.807) is 0 Å². The summed E-state index contributed by atoms with van der Waals surface area (Å²) in [6, 6.07) is 0. The molecule has 0 aliphatic carbocycles. The van der Waals surface area contributed by atoms with Crippen LogP contribution in [0.2, 0.25) is 0 Å². The van der Waals surface area contributed by atoms with E-state index in [0.717, 1.165) is 40.4 Å². The zero-order valence-electron chi connectivity index (χ0n) is 2.94. The number of hydrogen-bond acceptors (Lipinski definition) is 3. The van der Waals surface area contributed by atoms with Crippen LogP contribution in [0.15, 0.2) is 0 Å². The average molecular weight is 318 g/mol. The van der Waals surface area contributed by atoms with Crippen molar-refractivity contribution in [1.82, 2.24) is 0 Å². The summed E-state index contributed by atoms with van der Waals surface area (Å²) in [7, 11) is -3.65. The van der Waals surface area contributed by atoms with E-state index in [9.17, 15) is 4.57 Å². The van der Waals surface area contributed by atoms with E-state index in [1.807, 2.05) is 0 Å². The molecule has 0 saturated carbocycles. The number of hydrogen-bond donors (Lipinski definition) is 1. The van der Waals surface area contributed by atoms with Gasteiger partial charge in [-0.25, -0.2) is 0 Å². The normalized spacial score (nSPS) is 10.1. The maximum Gasteiger partial charge on any atom is 0.187 e. The Hall–Kier alpha value is 2.02. The molecule has 0 bridgehead atoms. The molecule has 0 amide bonds. The molecule has 4 nitrogen and oxygen atoms in total. The monoisotopic (exact) mass is 322 g/mol.